The molecule has 5 aromatic rings. The van der Waals surface area contributed by atoms with E-state index < -0.39 is 0 Å². The predicted molar refractivity (Wildman–Crippen MR) is 138 cm³/mol. The van der Waals surface area contributed by atoms with Gasteiger partial charge in [0, 0.05) is 52.5 Å². The van der Waals surface area contributed by atoms with Gasteiger partial charge in [0.2, 0.25) is 0 Å². The van der Waals surface area contributed by atoms with Crippen molar-refractivity contribution in [1.82, 2.24) is 4.57 Å². The van der Waals surface area contributed by atoms with Gasteiger partial charge in [0.1, 0.15) is 0 Å². The van der Waals surface area contributed by atoms with Crippen molar-refractivity contribution >= 4 is 44.5 Å². The second-order valence-electron chi connectivity index (χ2n) is 8.64. The van der Waals surface area contributed by atoms with Crippen LogP contribution in [0.15, 0.2) is 47.2 Å². The van der Waals surface area contributed by atoms with Gasteiger partial charge in [-0.2, -0.15) is 0 Å². The lowest BCUT2D eigenvalue weighted by molar-refractivity contribution is 0.297. The monoisotopic (exact) mass is 489 g/mol. The average Bonchev–Trinajstić information content (AvgIpc) is 3.40. The van der Waals surface area contributed by atoms with Crippen molar-refractivity contribution in [3.63, 3.8) is 0 Å². The van der Waals surface area contributed by atoms with E-state index in [1.165, 1.54) is 21.8 Å². The van der Waals surface area contributed by atoms with Gasteiger partial charge in [0.25, 0.3) is 0 Å². The van der Waals surface area contributed by atoms with Crippen LogP contribution in [0.1, 0.15) is 12.8 Å². The van der Waals surface area contributed by atoms with Crippen LogP contribution in [0.5, 0.6) is 23.0 Å². The first-order valence-corrected chi connectivity index (χ1v) is 13.3. The SMILES string of the molecule is Cn1c2ccc(-c3scc4c3OCCCO4)cc2c2cc(-c3scc4c3OCCCO4)ccc21. The van der Waals surface area contributed by atoms with Gasteiger partial charge < -0.3 is 23.5 Å². The molecule has 0 fully saturated rings. The number of hydrogen-bond acceptors (Lipinski definition) is 6. The maximum atomic E-state index is 6.07. The highest BCUT2D eigenvalue weighted by molar-refractivity contribution is 7.14. The van der Waals surface area contributed by atoms with Crippen molar-refractivity contribution < 1.29 is 18.9 Å². The molecule has 0 saturated carbocycles. The molecule has 0 radical (unpaired) electrons. The van der Waals surface area contributed by atoms with Crippen molar-refractivity contribution in [2.75, 3.05) is 26.4 Å². The molecule has 0 aliphatic carbocycles. The summed E-state index contributed by atoms with van der Waals surface area (Å²) in [6.45, 7) is 2.78. The van der Waals surface area contributed by atoms with Gasteiger partial charge in [0.05, 0.1) is 36.2 Å². The Labute approximate surface area is 205 Å². The van der Waals surface area contributed by atoms with E-state index >= 15 is 0 Å². The predicted octanol–water partition coefficient (Wildman–Crippen LogP) is 7.11. The summed E-state index contributed by atoms with van der Waals surface area (Å²) >= 11 is 3.36. The van der Waals surface area contributed by atoms with Crippen LogP contribution in [-0.4, -0.2) is 31.0 Å². The second kappa shape index (κ2) is 7.96. The lowest BCUT2D eigenvalue weighted by atomic mass is 10.1. The second-order valence-corrected chi connectivity index (χ2v) is 10.4. The molecule has 0 bridgehead atoms. The minimum atomic E-state index is 0.688. The summed E-state index contributed by atoms with van der Waals surface area (Å²) in [5.41, 5.74) is 4.73. The van der Waals surface area contributed by atoms with Crippen molar-refractivity contribution in [2.45, 2.75) is 12.8 Å². The normalized spacial score (nSPS) is 15.4. The molecule has 3 aromatic heterocycles. The largest absolute Gasteiger partial charge is 0.489 e. The Hall–Kier alpha value is -3.16. The maximum absolute atomic E-state index is 6.07. The third kappa shape index (κ3) is 3.11. The van der Waals surface area contributed by atoms with E-state index in [4.69, 9.17) is 18.9 Å². The summed E-state index contributed by atoms with van der Waals surface area (Å²) in [5.74, 6) is 3.47. The zero-order valence-corrected chi connectivity index (χ0v) is 20.4. The topological polar surface area (TPSA) is 41.9 Å². The lowest BCUT2D eigenvalue weighted by Gasteiger charge is -2.07. The number of aryl methyl sites for hydroxylation is 1. The molecule has 172 valence electrons. The van der Waals surface area contributed by atoms with Gasteiger partial charge in [-0.15, -0.1) is 22.7 Å². The van der Waals surface area contributed by atoms with E-state index in [2.05, 4.69) is 58.8 Å². The van der Waals surface area contributed by atoms with E-state index in [9.17, 15) is 0 Å². The van der Waals surface area contributed by atoms with Crippen molar-refractivity contribution in [3.05, 3.63) is 47.2 Å². The van der Waals surface area contributed by atoms with E-state index in [0.29, 0.717) is 26.4 Å². The first-order valence-electron chi connectivity index (χ1n) is 11.5. The first kappa shape index (κ1) is 20.2. The number of fused-ring (bicyclic) bond motifs is 5. The van der Waals surface area contributed by atoms with Crippen LogP contribution in [0, 0.1) is 0 Å². The fourth-order valence-electron chi connectivity index (χ4n) is 4.86. The number of ether oxygens (including phenoxy) is 4. The average molecular weight is 490 g/mol. The highest BCUT2D eigenvalue weighted by Gasteiger charge is 2.22. The molecule has 0 spiro atoms. The number of nitrogens with zero attached hydrogens (tertiary/aromatic N) is 1. The summed E-state index contributed by atoms with van der Waals surface area (Å²) in [6.07, 6.45) is 1.82. The number of rotatable bonds is 2. The molecular formula is C27H23NO4S2. The minimum absolute atomic E-state index is 0.688. The molecule has 2 aliphatic rings. The van der Waals surface area contributed by atoms with Crippen molar-refractivity contribution in [2.24, 2.45) is 7.05 Å². The number of thiophene rings is 2. The summed E-state index contributed by atoms with van der Waals surface area (Å²) < 4.78 is 26.2. The van der Waals surface area contributed by atoms with Crippen LogP contribution in [0.2, 0.25) is 0 Å². The highest BCUT2D eigenvalue weighted by Crippen LogP contribution is 2.48. The molecule has 0 atom stereocenters. The molecule has 0 saturated heterocycles. The quantitative estimate of drug-likeness (QED) is 0.265. The summed E-state index contributed by atoms with van der Waals surface area (Å²) in [7, 11) is 2.13. The van der Waals surface area contributed by atoms with Crippen LogP contribution in [-0.2, 0) is 7.05 Å². The van der Waals surface area contributed by atoms with E-state index in [-0.39, 0.29) is 0 Å². The third-order valence-electron chi connectivity index (χ3n) is 6.54. The molecule has 7 heteroatoms. The van der Waals surface area contributed by atoms with Gasteiger partial charge >= 0.3 is 0 Å². The molecule has 7 rings (SSSR count). The molecule has 2 aromatic carbocycles. The Morgan fingerprint density at radius 2 is 1.12 bits per heavy atom. The minimum Gasteiger partial charge on any atom is -0.489 e. The zero-order valence-electron chi connectivity index (χ0n) is 18.8. The fourth-order valence-corrected chi connectivity index (χ4v) is 6.72. The van der Waals surface area contributed by atoms with E-state index in [0.717, 1.165) is 56.7 Å². The third-order valence-corrected chi connectivity index (χ3v) is 8.52. The Balaban J connectivity index is 1.39. The van der Waals surface area contributed by atoms with Gasteiger partial charge in [-0.1, -0.05) is 12.1 Å². The maximum Gasteiger partial charge on any atom is 0.179 e. The van der Waals surface area contributed by atoms with Gasteiger partial charge in [-0.25, -0.2) is 0 Å². The standard InChI is InChI=1S/C27H23NO4S2/c1-28-20-6-4-16(26-24-22(14-33-26)29-8-2-10-31-24)12-18(20)19-13-17(5-7-21(19)28)27-25-23(15-34-27)30-9-3-11-32-25/h4-7,12-15H,2-3,8-11H2,1H3. The van der Waals surface area contributed by atoms with E-state index in [1.807, 2.05) is 0 Å². The summed E-state index contributed by atoms with van der Waals surface area (Å²) in [5, 5.41) is 6.58. The smallest absolute Gasteiger partial charge is 0.179 e. The zero-order chi connectivity index (χ0) is 22.6. The van der Waals surface area contributed by atoms with Crippen LogP contribution in [0.4, 0.5) is 0 Å². The van der Waals surface area contributed by atoms with Crippen LogP contribution < -0.4 is 18.9 Å². The molecule has 5 nitrogen and oxygen atoms in total. The number of benzene rings is 2. The molecule has 5 heterocycles. The molecule has 34 heavy (non-hydrogen) atoms. The Morgan fingerprint density at radius 3 is 1.62 bits per heavy atom. The van der Waals surface area contributed by atoms with Gasteiger partial charge in [0.15, 0.2) is 23.0 Å². The fraction of sp³-hybridized carbons (Fsp3) is 0.259. The Morgan fingerprint density at radius 1 is 0.647 bits per heavy atom. The molecule has 0 N–H and O–H groups in total. The molecular weight excluding hydrogens is 466 g/mol. The van der Waals surface area contributed by atoms with Crippen LogP contribution in [0.3, 0.4) is 0 Å². The number of hydrogen-bond donors (Lipinski definition) is 0. The molecule has 0 unspecified atom stereocenters. The highest BCUT2D eigenvalue weighted by atomic mass is 32.1. The Kier molecular flexibility index (Phi) is 4.74. The summed E-state index contributed by atoms with van der Waals surface area (Å²) in [6, 6.07) is 13.4. The molecule has 2 aliphatic heterocycles. The number of aromatic nitrogens is 1. The lowest BCUT2D eigenvalue weighted by Crippen LogP contribution is -1.98. The molecule has 0 amide bonds. The Bertz CT molecular complexity index is 1430. The van der Waals surface area contributed by atoms with Crippen molar-refractivity contribution in [3.8, 4) is 43.9 Å². The van der Waals surface area contributed by atoms with Crippen LogP contribution >= 0.6 is 22.7 Å². The van der Waals surface area contributed by atoms with E-state index in [1.54, 1.807) is 22.7 Å². The summed E-state index contributed by atoms with van der Waals surface area (Å²) in [4.78, 5) is 2.25. The van der Waals surface area contributed by atoms with Crippen LogP contribution in [0.25, 0.3) is 42.7 Å². The van der Waals surface area contributed by atoms with Gasteiger partial charge in [-0.3, -0.25) is 0 Å². The van der Waals surface area contributed by atoms with Crippen molar-refractivity contribution in [1.29, 1.82) is 0 Å². The first-order chi connectivity index (χ1) is 16.8. The van der Waals surface area contributed by atoms with Gasteiger partial charge in [-0.05, 0) is 35.4 Å².